The summed E-state index contributed by atoms with van der Waals surface area (Å²) >= 11 is 0. The van der Waals surface area contributed by atoms with Gasteiger partial charge in [-0.2, -0.15) is 13.2 Å². The van der Waals surface area contributed by atoms with Crippen molar-refractivity contribution in [1.82, 2.24) is 24.9 Å². The van der Waals surface area contributed by atoms with Crippen molar-refractivity contribution in [2.45, 2.75) is 32.1 Å². The number of methoxy groups -OCH3 is 1. The van der Waals surface area contributed by atoms with Crippen LogP contribution < -0.4 is 10.1 Å². The zero-order chi connectivity index (χ0) is 31.3. The van der Waals surface area contributed by atoms with Crippen molar-refractivity contribution >= 4 is 33.5 Å². The number of nitrogens with one attached hydrogen (secondary N) is 2. The number of aromatic nitrogens is 4. The molecule has 1 aliphatic rings. The van der Waals surface area contributed by atoms with Gasteiger partial charge < -0.3 is 14.6 Å². The van der Waals surface area contributed by atoms with Crippen LogP contribution in [0.5, 0.6) is 5.75 Å². The molecule has 2 N–H and O–H groups in total. The number of benzene rings is 4. The van der Waals surface area contributed by atoms with E-state index in [0.29, 0.717) is 24.2 Å². The van der Waals surface area contributed by atoms with E-state index in [1.54, 1.807) is 18.7 Å². The Hall–Kier alpha value is -5.32. The Morgan fingerprint density at radius 3 is 2.58 bits per heavy atom. The molecule has 8 nitrogen and oxygen atoms in total. The van der Waals surface area contributed by atoms with E-state index in [1.807, 2.05) is 41.3 Å². The standard InChI is InChI=1S/C34H29F3N6O2/c1-20-32(40-41-43(20)19-21-10-12-23(13-11-21)34(35,36)37)39-33(44)42-17-16-26-28-18-24(45-2)14-15-29(28)38-30(26)31(42)27-9-5-7-22-6-3-4-8-25(22)27/h3-15,18,31,38H,16-17,19H2,1-2H3,(H,39,44). The molecule has 0 fully saturated rings. The predicted octanol–water partition coefficient (Wildman–Crippen LogP) is 7.48. The fraction of sp³-hybridized carbons (Fsp3) is 0.206. The Bertz CT molecular complexity index is 2040. The van der Waals surface area contributed by atoms with Crippen molar-refractivity contribution in [3.05, 3.63) is 119 Å². The van der Waals surface area contributed by atoms with Gasteiger partial charge in [-0.3, -0.25) is 5.32 Å². The molecule has 1 aliphatic heterocycles. The second-order valence-corrected chi connectivity index (χ2v) is 11.1. The van der Waals surface area contributed by atoms with Crippen LogP contribution in [0.1, 0.15) is 39.7 Å². The van der Waals surface area contributed by atoms with Gasteiger partial charge in [-0.1, -0.05) is 59.8 Å². The largest absolute Gasteiger partial charge is 0.497 e. The first-order chi connectivity index (χ1) is 21.7. The zero-order valence-corrected chi connectivity index (χ0v) is 24.5. The molecule has 45 heavy (non-hydrogen) atoms. The highest BCUT2D eigenvalue weighted by Gasteiger charge is 2.36. The first kappa shape index (κ1) is 28.5. The molecule has 0 saturated heterocycles. The summed E-state index contributed by atoms with van der Waals surface area (Å²) in [5, 5.41) is 14.5. The van der Waals surface area contributed by atoms with Gasteiger partial charge in [0.05, 0.1) is 31.0 Å². The SMILES string of the molecule is COc1ccc2[nH]c3c(c2c1)CCN(C(=O)Nc1nnn(Cc2ccc(C(F)(F)F)cc2)c1C)C3c1cccc2ccccc12. The molecule has 6 aromatic rings. The maximum Gasteiger partial charge on any atom is 0.416 e. The van der Waals surface area contributed by atoms with Crippen LogP contribution in [0.15, 0.2) is 84.9 Å². The number of aromatic amines is 1. The molecule has 0 saturated carbocycles. The first-order valence-electron chi connectivity index (χ1n) is 14.5. The summed E-state index contributed by atoms with van der Waals surface area (Å²) < 4.78 is 46.0. The molecule has 7 rings (SSSR count). The Kier molecular flexibility index (Phi) is 6.95. The summed E-state index contributed by atoms with van der Waals surface area (Å²) in [6.45, 7) is 2.42. The maximum atomic E-state index is 14.1. The Morgan fingerprint density at radius 2 is 1.80 bits per heavy atom. The lowest BCUT2D eigenvalue weighted by atomic mass is 9.89. The quantitative estimate of drug-likeness (QED) is 0.212. The Morgan fingerprint density at radius 1 is 1.02 bits per heavy atom. The average Bonchev–Trinajstić information content (AvgIpc) is 3.59. The van der Waals surface area contributed by atoms with E-state index in [-0.39, 0.29) is 18.4 Å². The second kappa shape index (κ2) is 11.0. The number of fused-ring (bicyclic) bond motifs is 4. The van der Waals surface area contributed by atoms with Gasteiger partial charge >= 0.3 is 12.2 Å². The number of amides is 2. The van der Waals surface area contributed by atoms with Gasteiger partial charge in [-0.15, -0.1) is 5.10 Å². The summed E-state index contributed by atoms with van der Waals surface area (Å²) in [7, 11) is 1.65. The molecule has 3 heterocycles. The number of anilines is 1. The molecule has 2 amide bonds. The van der Waals surface area contributed by atoms with Crippen LogP contribution in [0.3, 0.4) is 0 Å². The molecular formula is C34H29F3N6O2. The number of rotatable bonds is 5. The number of carbonyl (C=O) groups excluding carboxylic acids is 1. The number of urea groups is 1. The summed E-state index contributed by atoms with van der Waals surface area (Å²) in [6.07, 6.45) is -3.77. The van der Waals surface area contributed by atoms with Crippen molar-refractivity contribution < 1.29 is 22.7 Å². The molecule has 0 aliphatic carbocycles. The van der Waals surface area contributed by atoms with Crippen molar-refractivity contribution in [2.75, 3.05) is 19.0 Å². The minimum absolute atomic E-state index is 0.205. The number of hydrogen-bond acceptors (Lipinski definition) is 4. The van der Waals surface area contributed by atoms with Crippen molar-refractivity contribution in [2.24, 2.45) is 0 Å². The smallest absolute Gasteiger partial charge is 0.416 e. The van der Waals surface area contributed by atoms with E-state index >= 15 is 0 Å². The van der Waals surface area contributed by atoms with E-state index < -0.39 is 17.8 Å². The number of carbonyl (C=O) groups is 1. The number of nitrogens with zero attached hydrogens (tertiary/aromatic N) is 4. The molecule has 1 unspecified atom stereocenters. The Labute approximate surface area is 256 Å². The number of ether oxygens (including phenoxy) is 1. The molecule has 1 atom stereocenters. The predicted molar refractivity (Wildman–Crippen MR) is 165 cm³/mol. The van der Waals surface area contributed by atoms with E-state index in [4.69, 9.17) is 4.74 Å². The molecule has 0 radical (unpaired) electrons. The van der Waals surface area contributed by atoms with Crippen LogP contribution in [0.2, 0.25) is 0 Å². The lowest BCUT2D eigenvalue weighted by Crippen LogP contribution is -2.43. The normalized spacial score (nSPS) is 15.0. The van der Waals surface area contributed by atoms with Gasteiger partial charge in [0, 0.05) is 23.1 Å². The highest BCUT2D eigenvalue weighted by molar-refractivity contribution is 5.93. The first-order valence-corrected chi connectivity index (χ1v) is 14.5. The summed E-state index contributed by atoms with van der Waals surface area (Å²) in [6, 6.07) is 24.3. The van der Waals surface area contributed by atoms with Crippen LogP contribution in [0.4, 0.5) is 23.8 Å². The van der Waals surface area contributed by atoms with Gasteiger partial charge in [0.1, 0.15) is 5.75 Å². The third-order valence-corrected chi connectivity index (χ3v) is 8.53. The fourth-order valence-electron chi connectivity index (χ4n) is 6.20. The minimum Gasteiger partial charge on any atom is -0.497 e. The second-order valence-electron chi connectivity index (χ2n) is 11.1. The molecule has 0 spiro atoms. The van der Waals surface area contributed by atoms with Crippen LogP contribution in [0, 0.1) is 6.92 Å². The highest BCUT2D eigenvalue weighted by Crippen LogP contribution is 2.41. The highest BCUT2D eigenvalue weighted by atomic mass is 19.4. The summed E-state index contributed by atoms with van der Waals surface area (Å²) in [5.74, 6) is 1.05. The van der Waals surface area contributed by atoms with Gasteiger partial charge in [-0.05, 0) is 71.1 Å². The molecule has 2 aromatic heterocycles. The topological polar surface area (TPSA) is 88.1 Å². The fourth-order valence-corrected chi connectivity index (χ4v) is 6.20. The summed E-state index contributed by atoms with van der Waals surface area (Å²) in [4.78, 5) is 19.5. The van der Waals surface area contributed by atoms with E-state index in [2.05, 4.69) is 44.9 Å². The monoisotopic (exact) mass is 610 g/mol. The number of hydrogen-bond donors (Lipinski definition) is 2. The van der Waals surface area contributed by atoms with Gasteiger partial charge in [0.2, 0.25) is 0 Å². The molecule has 4 aromatic carbocycles. The third kappa shape index (κ3) is 5.13. The van der Waals surface area contributed by atoms with Crippen molar-refractivity contribution in [3.63, 3.8) is 0 Å². The lowest BCUT2D eigenvalue weighted by molar-refractivity contribution is -0.137. The minimum atomic E-state index is -4.40. The molecule has 228 valence electrons. The number of H-pyrrole nitrogens is 1. The lowest BCUT2D eigenvalue weighted by Gasteiger charge is -2.36. The third-order valence-electron chi connectivity index (χ3n) is 8.53. The van der Waals surface area contributed by atoms with E-state index in [0.717, 1.165) is 56.4 Å². The van der Waals surface area contributed by atoms with Crippen LogP contribution >= 0.6 is 0 Å². The number of halogens is 3. The van der Waals surface area contributed by atoms with Crippen molar-refractivity contribution in [3.8, 4) is 5.75 Å². The molecular weight excluding hydrogens is 581 g/mol. The van der Waals surface area contributed by atoms with Crippen LogP contribution in [-0.4, -0.2) is 44.6 Å². The maximum absolute atomic E-state index is 14.1. The van der Waals surface area contributed by atoms with Crippen LogP contribution in [0.25, 0.3) is 21.7 Å². The summed E-state index contributed by atoms with van der Waals surface area (Å²) in [5.41, 5.74) is 4.54. The average molecular weight is 611 g/mol. The molecule has 11 heteroatoms. The Balaban J connectivity index is 1.22. The van der Waals surface area contributed by atoms with Crippen molar-refractivity contribution in [1.29, 1.82) is 0 Å². The van der Waals surface area contributed by atoms with E-state index in [9.17, 15) is 18.0 Å². The van der Waals surface area contributed by atoms with Gasteiger partial charge in [-0.25, -0.2) is 9.48 Å². The van der Waals surface area contributed by atoms with E-state index in [1.165, 1.54) is 12.1 Å². The zero-order valence-electron chi connectivity index (χ0n) is 24.5. The number of alkyl halides is 3. The van der Waals surface area contributed by atoms with Gasteiger partial charge in [0.15, 0.2) is 5.82 Å². The van der Waals surface area contributed by atoms with Gasteiger partial charge in [0.25, 0.3) is 0 Å². The van der Waals surface area contributed by atoms with Crippen LogP contribution in [-0.2, 0) is 19.1 Å². The molecule has 0 bridgehead atoms.